The van der Waals surface area contributed by atoms with Gasteiger partial charge in [-0.3, -0.25) is 0 Å². The summed E-state index contributed by atoms with van der Waals surface area (Å²) >= 11 is 0. The zero-order valence-electron chi connectivity index (χ0n) is 13.6. The van der Waals surface area contributed by atoms with Crippen LogP contribution in [0.1, 0.15) is 46.1 Å². The van der Waals surface area contributed by atoms with Crippen LogP contribution in [0.2, 0.25) is 0 Å². The Morgan fingerprint density at radius 2 is 2.05 bits per heavy atom. The number of nitrogens with one attached hydrogen (secondary N) is 2. The summed E-state index contributed by atoms with van der Waals surface area (Å²) in [6.07, 6.45) is 5.27. The van der Waals surface area contributed by atoms with Crippen LogP contribution in [0.25, 0.3) is 10.9 Å². The van der Waals surface area contributed by atoms with Crippen molar-refractivity contribution in [2.45, 2.75) is 53.0 Å². The lowest BCUT2D eigenvalue weighted by Crippen LogP contribution is -2.42. The average Bonchev–Trinajstić information content (AvgIpc) is 2.85. The van der Waals surface area contributed by atoms with Crippen molar-refractivity contribution in [1.82, 2.24) is 10.3 Å². The van der Waals surface area contributed by atoms with Gasteiger partial charge >= 0.3 is 0 Å². The number of hydrogen-bond donors (Lipinski definition) is 2. The van der Waals surface area contributed by atoms with Gasteiger partial charge in [0.15, 0.2) is 0 Å². The average molecular weight is 290 g/mol. The van der Waals surface area contributed by atoms with Crippen molar-refractivity contribution in [2.24, 2.45) is 5.41 Å². The van der Waals surface area contributed by atoms with E-state index in [0.717, 1.165) is 30.3 Å². The Labute approximate surface area is 127 Å². The van der Waals surface area contributed by atoms with Gasteiger partial charge in [0.2, 0.25) is 0 Å². The molecule has 2 rings (SSSR count). The molecule has 0 aliphatic rings. The summed E-state index contributed by atoms with van der Waals surface area (Å²) < 4.78 is 13.2. The number of H-pyrrole nitrogens is 1. The lowest BCUT2D eigenvalue weighted by atomic mass is 9.80. The third kappa shape index (κ3) is 3.65. The zero-order valence-corrected chi connectivity index (χ0v) is 13.6. The van der Waals surface area contributed by atoms with E-state index < -0.39 is 0 Å². The third-order valence-corrected chi connectivity index (χ3v) is 4.78. The van der Waals surface area contributed by atoms with Gasteiger partial charge in [-0.1, -0.05) is 27.7 Å². The first-order chi connectivity index (χ1) is 9.97. The van der Waals surface area contributed by atoms with Crippen LogP contribution in [0.5, 0.6) is 0 Å². The minimum absolute atomic E-state index is 0.190. The Hall–Kier alpha value is -1.35. The fourth-order valence-electron chi connectivity index (χ4n) is 2.97. The van der Waals surface area contributed by atoms with Gasteiger partial charge in [0.25, 0.3) is 0 Å². The maximum absolute atomic E-state index is 13.2. The maximum atomic E-state index is 13.2. The van der Waals surface area contributed by atoms with Gasteiger partial charge in [0, 0.05) is 23.1 Å². The van der Waals surface area contributed by atoms with Crippen LogP contribution in [-0.2, 0) is 6.42 Å². The van der Waals surface area contributed by atoms with Gasteiger partial charge in [-0.15, -0.1) is 0 Å². The van der Waals surface area contributed by atoms with Crippen molar-refractivity contribution >= 4 is 10.9 Å². The molecule has 116 valence electrons. The molecule has 0 saturated carbocycles. The molecular formula is C18H27FN2. The monoisotopic (exact) mass is 290 g/mol. The molecule has 0 amide bonds. The number of fused-ring (bicyclic) bond motifs is 1. The highest BCUT2D eigenvalue weighted by atomic mass is 19.1. The molecule has 1 unspecified atom stereocenters. The third-order valence-electron chi connectivity index (χ3n) is 4.78. The molecule has 1 heterocycles. The smallest absolute Gasteiger partial charge is 0.125 e. The first kappa shape index (κ1) is 16.0. The van der Waals surface area contributed by atoms with Crippen molar-refractivity contribution in [2.75, 3.05) is 6.54 Å². The first-order valence-corrected chi connectivity index (χ1v) is 7.96. The summed E-state index contributed by atoms with van der Waals surface area (Å²) in [5.74, 6) is -0.190. The normalized spacial score (nSPS) is 13.8. The molecule has 2 aromatic rings. The SMILES string of the molecule is CCC(NCCc1c[nH]c2cc(F)ccc12)C(C)(C)CC. The van der Waals surface area contributed by atoms with Crippen molar-refractivity contribution in [3.8, 4) is 0 Å². The minimum Gasteiger partial charge on any atom is -0.361 e. The number of halogens is 1. The topological polar surface area (TPSA) is 27.8 Å². The number of aromatic amines is 1. The van der Waals surface area contributed by atoms with Crippen molar-refractivity contribution in [3.63, 3.8) is 0 Å². The molecular weight excluding hydrogens is 263 g/mol. The molecule has 1 aromatic heterocycles. The van der Waals surface area contributed by atoms with E-state index in [1.807, 2.05) is 12.3 Å². The number of rotatable bonds is 7. The molecule has 0 aliphatic heterocycles. The maximum Gasteiger partial charge on any atom is 0.125 e. The van der Waals surface area contributed by atoms with E-state index in [0.29, 0.717) is 11.5 Å². The fraction of sp³-hybridized carbons (Fsp3) is 0.556. The van der Waals surface area contributed by atoms with Crippen LogP contribution in [0.4, 0.5) is 4.39 Å². The summed E-state index contributed by atoms with van der Waals surface area (Å²) in [5, 5.41) is 4.81. The second kappa shape index (κ2) is 6.61. The van der Waals surface area contributed by atoms with Gasteiger partial charge in [-0.05, 0) is 55.0 Å². The van der Waals surface area contributed by atoms with Gasteiger partial charge in [0.1, 0.15) is 5.82 Å². The lowest BCUT2D eigenvalue weighted by molar-refractivity contribution is 0.226. The van der Waals surface area contributed by atoms with Crippen molar-refractivity contribution in [1.29, 1.82) is 0 Å². The minimum atomic E-state index is -0.190. The molecule has 2 nitrogen and oxygen atoms in total. The van der Waals surface area contributed by atoms with E-state index in [9.17, 15) is 4.39 Å². The first-order valence-electron chi connectivity index (χ1n) is 7.96. The molecule has 1 atom stereocenters. The summed E-state index contributed by atoms with van der Waals surface area (Å²) in [4.78, 5) is 3.15. The molecule has 21 heavy (non-hydrogen) atoms. The zero-order chi connectivity index (χ0) is 15.5. The molecule has 3 heteroatoms. The number of benzene rings is 1. The van der Waals surface area contributed by atoms with E-state index in [4.69, 9.17) is 0 Å². The number of aromatic nitrogens is 1. The van der Waals surface area contributed by atoms with Gasteiger partial charge < -0.3 is 10.3 Å². The molecule has 0 saturated heterocycles. The van der Waals surface area contributed by atoms with Crippen LogP contribution in [0, 0.1) is 11.2 Å². The molecule has 0 aliphatic carbocycles. The van der Waals surface area contributed by atoms with Gasteiger partial charge in [0.05, 0.1) is 0 Å². The van der Waals surface area contributed by atoms with Crippen LogP contribution < -0.4 is 5.32 Å². The molecule has 2 N–H and O–H groups in total. The fourth-order valence-corrected chi connectivity index (χ4v) is 2.97. The molecule has 0 fully saturated rings. The standard InChI is InChI=1S/C18H27FN2/c1-5-17(18(3,4)6-2)20-10-9-13-12-21-16-11-14(19)7-8-15(13)16/h7-8,11-12,17,20-21H,5-6,9-10H2,1-4H3. The van der Waals surface area contributed by atoms with Crippen LogP contribution in [0.3, 0.4) is 0 Å². The summed E-state index contributed by atoms with van der Waals surface area (Å²) in [7, 11) is 0. The predicted molar refractivity (Wildman–Crippen MR) is 88.1 cm³/mol. The number of hydrogen-bond acceptors (Lipinski definition) is 1. The highest BCUT2D eigenvalue weighted by Gasteiger charge is 2.25. The highest BCUT2D eigenvalue weighted by molar-refractivity contribution is 5.83. The Balaban J connectivity index is 1.99. The molecule has 1 aromatic carbocycles. The van der Waals surface area contributed by atoms with E-state index >= 15 is 0 Å². The quantitative estimate of drug-likeness (QED) is 0.763. The van der Waals surface area contributed by atoms with Gasteiger partial charge in [-0.25, -0.2) is 4.39 Å². The van der Waals surface area contributed by atoms with E-state index in [1.165, 1.54) is 18.1 Å². The summed E-state index contributed by atoms with van der Waals surface area (Å²) in [5.41, 5.74) is 2.45. The van der Waals surface area contributed by atoms with Crippen molar-refractivity contribution < 1.29 is 4.39 Å². The van der Waals surface area contributed by atoms with E-state index in [-0.39, 0.29) is 5.82 Å². The Morgan fingerprint density at radius 1 is 1.29 bits per heavy atom. The van der Waals surface area contributed by atoms with E-state index in [2.05, 4.69) is 38.0 Å². The lowest BCUT2D eigenvalue weighted by Gasteiger charge is -2.33. The van der Waals surface area contributed by atoms with E-state index in [1.54, 1.807) is 6.07 Å². The summed E-state index contributed by atoms with van der Waals surface area (Å²) in [6, 6.07) is 5.48. The second-order valence-corrected chi connectivity index (χ2v) is 6.51. The Kier molecular flexibility index (Phi) is 5.04. The molecule has 0 bridgehead atoms. The van der Waals surface area contributed by atoms with Crippen LogP contribution >= 0.6 is 0 Å². The van der Waals surface area contributed by atoms with Crippen LogP contribution in [0.15, 0.2) is 24.4 Å². The molecule has 0 spiro atoms. The molecule has 0 radical (unpaired) electrons. The largest absolute Gasteiger partial charge is 0.361 e. The predicted octanol–water partition coefficient (Wildman–Crippen LogP) is 4.65. The van der Waals surface area contributed by atoms with Crippen molar-refractivity contribution in [3.05, 3.63) is 35.8 Å². The highest BCUT2D eigenvalue weighted by Crippen LogP contribution is 2.27. The Bertz CT molecular complexity index is 586. The Morgan fingerprint density at radius 3 is 2.71 bits per heavy atom. The van der Waals surface area contributed by atoms with Crippen LogP contribution in [-0.4, -0.2) is 17.6 Å². The second-order valence-electron chi connectivity index (χ2n) is 6.51. The summed E-state index contributed by atoms with van der Waals surface area (Å²) in [6.45, 7) is 10.1. The van der Waals surface area contributed by atoms with Gasteiger partial charge in [-0.2, -0.15) is 0 Å².